The first-order chi connectivity index (χ1) is 26.4. The van der Waals surface area contributed by atoms with Crippen molar-refractivity contribution in [3.05, 3.63) is 120 Å². The quantitative estimate of drug-likeness (QED) is 0.137. The number of hydrogen-bond donors (Lipinski definition) is 2. The van der Waals surface area contributed by atoms with Gasteiger partial charge in [-0.3, -0.25) is 0 Å². The highest BCUT2D eigenvalue weighted by Crippen LogP contribution is 2.41. The summed E-state index contributed by atoms with van der Waals surface area (Å²) in [5, 5.41) is 13.2. The summed E-state index contributed by atoms with van der Waals surface area (Å²) < 4.78 is 78.7. The number of nitrogens with one attached hydrogen (secondary N) is 1. The lowest BCUT2D eigenvalue weighted by atomic mass is 10.0. The topological polar surface area (TPSA) is 194 Å². The summed E-state index contributed by atoms with van der Waals surface area (Å²) in [5.41, 5.74) is 8.63. The average molecular weight is 785 g/mol. The van der Waals surface area contributed by atoms with Crippen LogP contribution in [-0.4, -0.2) is 74.2 Å². The first kappa shape index (κ1) is 38.8. The molecular formula is C38H40N8O7S2. The van der Waals surface area contributed by atoms with E-state index in [2.05, 4.69) is 25.1 Å². The van der Waals surface area contributed by atoms with Crippen LogP contribution in [0.25, 0.3) is 22.5 Å². The van der Waals surface area contributed by atoms with Gasteiger partial charge < -0.3 is 19.9 Å². The van der Waals surface area contributed by atoms with Crippen molar-refractivity contribution >= 4 is 25.9 Å². The fourth-order valence-corrected chi connectivity index (χ4v) is 9.31. The van der Waals surface area contributed by atoms with Crippen molar-refractivity contribution in [1.82, 2.24) is 34.2 Å². The Hall–Kier alpha value is -5.88. The Morgan fingerprint density at radius 2 is 1.27 bits per heavy atom. The monoisotopic (exact) mass is 784 g/mol. The summed E-state index contributed by atoms with van der Waals surface area (Å²) in [6.45, 7) is 1.51. The average Bonchev–Trinajstić information content (AvgIpc) is 3.66. The highest BCUT2D eigenvalue weighted by atomic mass is 32.2. The zero-order valence-electron chi connectivity index (χ0n) is 30.6. The van der Waals surface area contributed by atoms with Crippen LogP contribution in [0.3, 0.4) is 0 Å². The van der Waals surface area contributed by atoms with Gasteiger partial charge >= 0.3 is 0 Å². The van der Waals surface area contributed by atoms with Crippen LogP contribution in [0.15, 0.2) is 113 Å². The van der Waals surface area contributed by atoms with Gasteiger partial charge in [0.1, 0.15) is 32.9 Å². The van der Waals surface area contributed by atoms with E-state index in [-0.39, 0.29) is 43.4 Å². The summed E-state index contributed by atoms with van der Waals surface area (Å²) >= 11 is 0. The second-order valence-electron chi connectivity index (χ2n) is 12.2. The molecule has 0 aliphatic heterocycles. The molecule has 0 aliphatic carbocycles. The molecule has 0 bridgehead atoms. The van der Waals surface area contributed by atoms with Crippen molar-refractivity contribution in [1.29, 1.82) is 0 Å². The number of ether oxygens (including phenoxy) is 3. The fourth-order valence-electron chi connectivity index (χ4n) is 5.85. The molecule has 286 valence electrons. The van der Waals surface area contributed by atoms with Crippen LogP contribution in [0.1, 0.15) is 23.6 Å². The summed E-state index contributed by atoms with van der Waals surface area (Å²) in [6.07, 6.45) is 1.47. The molecule has 55 heavy (non-hydrogen) atoms. The van der Waals surface area contributed by atoms with E-state index in [1.807, 2.05) is 12.1 Å². The van der Waals surface area contributed by atoms with Crippen LogP contribution in [0.5, 0.6) is 17.2 Å². The number of nitrogens with zero attached hydrogens (tertiary/aromatic N) is 6. The number of hydrogen-bond acceptors (Lipinski definition) is 12. The number of pyridine rings is 1. The fraction of sp³-hybridized carbons (Fsp3) is 0.211. The Morgan fingerprint density at radius 1 is 0.727 bits per heavy atom. The van der Waals surface area contributed by atoms with Gasteiger partial charge in [0.15, 0.2) is 0 Å². The van der Waals surface area contributed by atoms with Crippen molar-refractivity contribution in [3.63, 3.8) is 0 Å². The van der Waals surface area contributed by atoms with Gasteiger partial charge in [0.25, 0.3) is 0 Å². The Labute approximate surface area is 319 Å². The van der Waals surface area contributed by atoms with E-state index in [1.165, 1.54) is 41.7 Å². The van der Waals surface area contributed by atoms with Crippen molar-refractivity contribution in [2.45, 2.75) is 36.3 Å². The Balaban J connectivity index is 1.60. The molecule has 0 spiro atoms. The van der Waals surface area contributed by atoms with Gasteiger partial charge in [-0.15, -0.1) is 10.2 Å². The number of sulfonamides is 2. The molecular weight excluding hydrogens is 745 g/mol. The summed E-state index contributed by atoms with van der Waals surface area (Å²) in [6, 6.07) is 27.1. The third kappa shape index (κ3) is 8.76. The van der Waals surface area contributed by atoms with Crippen molar-refractivity contribution in [3.8, 4) is 39.8 Å². The number of benzene rings is 4. The minimum Gasteiger partial charge on any atom is -0.497 e. The minimum absolute atomic E-state index is 0.00150. The zero-order chi connectivity index (χ0) is 39.2. The maximum atomic E-state index is 15.5. The van der Waals surface area contributed by atoms with Crippen LogP contribution < -0.4 is 24.7 Å². The molecule has 2 heterocycles. The Kier molecular flexibility index (Phi) is 11.8. The first-order valence-corrected chi connectivity index (χ1v) is 19.9. The molecule has 0 saturated heterocycles. The maximum absolute atomic E-state index is 15.5. The predicted octanol–water partition coefficient (Wildman–Crippen LogP) is 4.75. The molecule has 0 radical (unpaired) electrons. The number of nitrogen functional groups attached to an aromatic ring is 1. The molecule has 6 aromatic rings. The highest BCUT2D eigenvalue weighted by Gasteiger charge is 2.37. The third-order valence-corrected chi connectivity index (χ3v) is 12.2. The number of methoxy groups -OCH3 is 3. The number of rotatable bonds is 16. The Morgan fingerprint density at radius 3 is 1.76 bits per heavy atom. The second kappa shape index (κ2) is 16.6. The second-order valence-corrected chi connectivity index (χ2v) is 15.9. The van der Waals surface area contributed by atoms with E-state index >= 15 is 8.42 Å². The zero-order valence-corrected chi connectivity index (χ0v) is 32.2. The van der Waals surface area contributed by atoms with Crippen LogP contribution in [0, 0.1) is 0 Å². The smallest absolute Gasteiger partial charge is 0.245 e. The first-order valence-electron chi connectivity index (χ1n) is 17.0. The molecule has 0 aliphatic rings. The lowest BCUT2D eigenvalue weighted by Gasteiger charge is -2.26. The predicted molar refractivity (Wildman–Crippen MR) is 206 cm³/mol. The van der Waals surface area contributed by atoms with E-state index in [1.54, 1.807) is 86.8 Å². The molecule has 17 heteroatoms. The molecule has 0 atom stereocenters. The van der Waals surface area contributed by atoms with Crippen LogP contribution in [-0.2, 0) is 39.7 Å². The summed E-state index contributed by atoms with van der Waals surface area (Å²) in [5.74, 6) is 1.95. The number of tetrazole rings is 1. The maximum Gasteiger partial charge on any atom is 0.245 e. The van der Waals surface area contributed by atoms with Gasteiger partial charge in [-0.2, -0.15) is 9.10 Å². The summed E-state index contributed by atoms with van der Waals surface area (Å²) in [7, 11) is -4.54. The number of aromatic nitrogens is 5. The van der Waals surface area contributed by atoms with Gasteiger partial charge in [-0.05, 0) is 82.1 Å². The van der Waals surface area contributed by atoms with E-state index in [4.69, 9.17) is 19.9 Å². The van der Waals surface area contributed by atoms with Crippen molar-refractivity contribution in [2.75, 3.05) is 33.6 Å². The molecule has 0 unspecified atom stereocenters. The highest BCUT2D eigenvalue weighted by molar-refractivity contribution is 7.92. The molecule has 0 saturated carbocycles. The molecule has 3 N–H and O–H groups in total. The van der Waals surface area contributed by atoms with Gasteiger partial charge in [0.05, 0.1) is 33.4 Å². The molecule has 0 fully saturated rings. The van der Waals surface area contributed by atoms with Crippen LogP contribution in [0.4, 0.5) is 5.82 Å². The normalized spacial score (nSPS) is 11.8. The molecule has 0 amide bonds. The van der Waals surface area contributed by atoms with Gasteiger partial charge in [-0.1, -0.05) is 49.4 Å². The van der Waals surface area contributed by atoms with Gasteiger partial charge in [0.2, 0.25) is 25.9 Å². The van der Waals surface area contributed by atoms with Crippen LogP contribution >= 0.6 is 0 Å². The third-order valence-electron chi connectivity index (χ3n) is 8.64. The van der Waals surface area contributed by atoms with Gasteiger partial charge in [0, 0.05) is 31.4 Å². The van der Waals surface area contributed by atoms with Crippen LogP contribution in [0.2, 0.25) is 0 Å². The van der Waals surface area contributed by atoms with Gasteiger partial charge in [-0.25, -0.2) is 26.5 Å². The summed E-state index contributed by atoms with van der Waals surface area (Å²) in [4.78, 5) is 4.51. The van der Waals surface area contributed by atoms with Crippen molar-refractivity contribution in [2.24, 2.45) is 0 Å². The largest absolute Gasteiger partial charge is 0.497 e. The van der Waals surface area contributed by atoms with Crippen molar-refractivity contribution < 1.29 is 31.0 Å². The number of anilines is 1. The lowest BCUT2D eigenvalue weighted by Crippen LogP contribution is -2.33. The molecule has 6 rings (SSSR count). The van der Waals surface area contributed by atoms with E-state index in [9.17, 15) is 8.42 Å². The number of nitrogens with two attached hydrogens (primary N) is 1. The minimum atomic E-state index is -4.76. The molecule has 15 nitrogen and oxygen atoms in total. The van der Waals surface area contributed by atoms with E-state index in [0.717, 1.165) is 5.56 Å². The standard InChI is InChI=1S/C38H40N8O7S2/c1-5-41-54(47,48)34-20-19-33(29-12-21-35(39)40-22-29)36(38-42-44-46(43-38)25-28-10-17-32(53-4)18-11-28)37(34)55(49,50)45(23-26-6-13-30(51-2)14-7-26)24-27-8-15-31(52-3)16-9-27/h6-22,41H,5,23-25H2,1-4H3,(H2,39,40). The lowest BCUT2D eigenvalue weighted by molar-refractivity contribution is 0.396. The van der Waals surface area contributed by atoms with E-state index in [0.29, 0.717) is 39.5 Å². The Bertz CT molecular complexity index is 2410. The molecule has 2 aromatic heterocycles. The SMILES string of the molecule is CCNS(=O)(=O)c1ccc(-c2ccc(N)nc2)c(-c2nnn(Cc3ccc(OC)cc3)n2)c1S(=O)(=O)N(Cc1ccc(OC)cc1)Cc1ccc(OC)cc1. The molecule has 4 aromatic carbocycles. The van der Waals surface area contributed by atoms with E-state index < -0.39 is 29.8 Å².